The molecular formula is C26H23NS. The second-order valence-corrected chi connectivity index (χ2v) is 7.79. The topological polar surface area (TPSA) is 12.0 Å². The Morgan fingerprint density at radius 1 is 0.500 bits per heavy atom. The van der Waals surface area contributed by atoms with E-state index in [1.54, 1.807) is 11.9 Å². The summed E-state index contributed by atoms with van der Waals surface area (Å²) in [5.74, 6) is 0. The maximum Gasteiger partial charge on any atom is 0.105 e. The number of nitrogens with one attached hydrogen (secondary N) is 1. The maximum absolute atomic E-state index is 3.65. The molecule has 0 spiro atoms. The highest BCUT2D eigenvalue weighted by Crippen LogP contribution is 2.47. The van der Waals surface area contributed by atoms with Crippen LogP contribution in [0.3, 0.4) is 0 Å². The molecule has 1 nitrogen and oxygen atoms in total. The van der Waals surface area contributed by atoms with Crippen molar-refractivity contribution >= 4 is 11.9 Å². The first-order chi connectivity index (χ1) is 13.9. The molecular weight excluding hydrogens is 358 g/mol. The van der Waals surface area contributed by atoms with Crippen molar-refractivity contribution in [3.63, 3.8) is 0 Å². The largest absolute Gasteiger partial charge is 0.258 e. The highest BCUT2D eigenvalue weighted by molar-refractivity contribution is 7.98. The monoisotopic (exact) mass is 381 g/mol. The predicted octanol–water partition coefficient (Wildman–Crippen LogP) is 6.42. The average Bonchev–Trinajstić information content (AvgIpc) is 2.79. The van der Waals surface area contributed by atoms with Crippen LogP contribution in [0.2, 0.25) is 0 Å². The molecule has 4 rings (SSSR count). The van der Waals surface area contributed by atoms with Gasteiger partial charge in [-0.25, -0.2) is 0 Å². The number of rotatable bonds is 7. The van der Waals surface area contributed by atoms with Crippen molar-refractivity contribution in [2.75, 3.05) is 0 Å². The van der Waals surface area contributed by atoms with Gasteiger partial charge in [0.1, 0.15) is 4.75 Å². The molecule has 4 aromatic rings. The van der Waals surface area contributed by atoms with Crippen LogP contribution >= 0.6 is 11.9 Å². The third kappa shape index (κ3) is 3.89. The first-order valence-corrected chi connectivity index (χ1v) is 10.3. The molecule has 138 valence electrons. The molecule has 0 fully saturated rings. The van der Waals surface area contributed by atoms with Crippen LogP contribution in [0.25, 0.3) is 0 Å². The number of hydrogen-bond acceptors (Lipinski definition) is 2. The Bertz CT molecular complexity index is 873. The van der Waals surface area contributed by atoms with E-state index in [0.29, 0.717) is 0 Å². The third-order valence-corrected chi connectivity index (χ3v) is 6.19. The molecule has 0 bridgehead atoms. The van der Waals surface area contributed by atoms with Crippen molar-refractivity contribution in [3.05, 3.63) is 144 Å². The molecule has 0 radical (unpaired) electrons. The Hall–Kier alpha value is -2.81. The minimum atomic E-state index is -0.335. The van der Waals surface area contributed by atoms with E-state index >= 15 is 0 Å². The van der Waals surface area contributed by atoms with E-state index in [2.05, 4.69) is 126 Å². The number of benzene rings is 4. The van der Waals surface area contributed by atoms with Crippen LogP contribution < -0.4 is 4.72 Å². The fourth-order valence-corrected chi connectivity index (χ4v) is 4.74. The molecule has 0 aromatic heterocycles. The molecule has 0 atom stereocenters. The molecule has 0 saturated carbocycles. The van der Waals surface area contributed by atoms with Crippen molar-refractivity contribution in [2.45, 2.75) is 11.3 Å². The molecule has 0 saturated heterocycles. The highest BCUT2D eigenvalue weighted by Gasteiger charge is 2.37. The fraction of sp³-hybridized carbons (Fsp3) is 0.0769. The van der Waals surface area contributed by atoms with Gasteiger partial charge >= 0.3 is 0 Å². The second-order valence-electron chi connectivity index (χ2n) is 6.69. The minimum Gasteiger partial charge on any atom is -0.258 e. The summed E-state index contributed by atoms with van der Waals surface area (Å²) < 4.78 is 3.32. The standard InChI is InChI=1S/C26H23NS/c1-5-13-22(14-6-1)21-27-28-26(23-15-7-2-8-16-23,24-17-9-3-10-18-24)25-19-11-4-12-20-25/h1-20,27H,21H2. The van der Waals surface area contributed by atoms with Crippen LogP contribution in [0.5, 0.6) is 0 Å². The van der Waals surface area contributed by atoms with Gasteiger partial charge in [-0.1, -0.05) is 133 Å². The summed E-state index contributed by atoms with van der Waals surface area (Å²) in [5.41, 5.74) is 5.06. The zero-order chi connectivity index (χ0) is 19.1. The summed E-state index contributed by atoms with van der Waals surface area (Å²) in [6.07, 6.45) is 0. The van der Waals surface area contributed by atoms with E-state index in [9.17, 15) is 0 Å². The molecule has 0 aliphatic carbocycles. The van der Waals surface area contributed by atoms with Gasteiger partial charge in [-0.2, -0.15) is 0 Å². The summed E-state index contributed by atoms with van der Waals surface area (Å²) in [6.45, 7) is 0.805. The van der Waals surface area contributed by atoms with Crippen LogP contribution in [-0.4, -0.2) is 0 Å². The summed E-state index contributed by atoms with van der Waals surface area (Å²) in [5, 5.41) is 0. The van der Waals surface area contributed by atoms with E-state index in [4.69, 9.17) is 0 Å². The van der Waals surface area contributed by atoms with Crippen molar-refractivity contribution in [3.8, 4) is 0 Å². The van der Waals surface area contributed by atoms with Crippen molar-refractivity contribution in [1.82, 2.24) is 4.72 Å². The quantitative estimate of drug-likeness (QED) is 0.293. The van der Waals surface area contributed by atoms with Crippen LogP contribution in [0.1, 0.15) is 22.3 Å². The normalized spacial score (nSPS) is 11.3. The van der Waals surface area contributed by atoms with Crippen LogP contribution in [0.15, 0.2) is 121 Å². The Morgan fingerprint density at radius 2 is 0.857 bits per heavy atom. The van der Waals surface area contributed by atoms with E-state index in [-0.39, 0.29) is 4.75 Å². The van der Waals surface area contributed by atoms with Crippen LogP contribution in [0.4, 0.5) is 0 Å². The Kier molecular flexibility index (Phi) is 5.91. The van der Waals surface area contributed by atoms with Gasteiger partial charge in [0.25, 0.3) is 0 Å². The Labute approximate surface area is 171 Å². The van der Waals surface area contributed by atoms with E-state index < -0.39 is 0 Å². The van der Waals surface area contributed by atoms with Crippen LogP contribution in [-0.2, 0) is 11.3 Å². The van der Waals surface area contributed by atoms with E-state index in [1.165, 1.54) is 22.3 Å². The van der Waals surface area contributed by atoms with E-state index in [1.807, 2.05) is 0 Å². The lowest BCUT2D eigenvalue weighted by Crippen LogP contribution is -2.29. The summed E-state index contributed by atoms with van der Waals surface area (Å²) in [6, 6.07) is 42.8. The van der Waals surface area contributed by atoms with Gasteiger partial charge in [0.05, 0.1) is 0 Å². The maximum atomic E-state index is 3.65. The van der Waals surface area contributed by atoms with Crippen molar-refractivity contribution in [2.24, 2.45) is 0 Å². The Morgan fingerprint density at radius 3 is 1.25 bits per heavy atom. The number of hydrogen-bond donors (Lipinski definition) is 1. The molecule has 0 amide bonds. The summed E-state index contributed by atoms with van der Waals surface area (Å²) >= 11 is 1.77. The van der Waals surface area contributed by atoms with E-state index in [0.717, 1.165) is 6.54 Å². The van der Waals surface area contributed by atoms with Crippen LogP contribution in [0, 0.1) is 0 Å². The summed E-state index contributed by atoms with van der Waals surface area (Å²) in [4.78, 5) is 0. The first-order valence-electron chi connectivity index (χ1n) is 9.51. The predicted molar refractivity (Wildman–Crippen MR) is 120 cm³/mol. The van der Waals surface area contributed by atoms with Gasteiger partial charge in [-0.3, -0.25) is 4.72 Å². The molecule has 0 aliphatic rings. The van der Waals surface area contributed by atoms with Gasteiger partial charge in [0, 0.05) is 6.54 Å². The van der Waals surface area contributed by atoms with Crippen molar-refractivity contribution < 1.29 is 0 Å². The SMILES string of the molecule is c1ccc(CNSC(c2ccccc2)(c2ccccc2)c2ccccc2)cc1. The lowest BCUT2D eigenvalue weighted by molar-refractivity contribution is 0.865. The molecule has 2 heteroatoms. The van der Waals surface area contributed by atoms with Gasteiger partial charge in [-0.15, -0.1) is 0 Å². The average molecular weight is 382 g/mol. The molecule has 0 aliphatic heterocycles. The minimum absolute atomic E-state index is 0.335. The smallest absolute Gasteiger partial charge is 0.105 e. The molecule has 1 N–H and O–H groups in total. The lowest BCUT2D eigenvalue weighted by Gasteiger charge is -2.35. The molecule has 0 heterocycles. The fourth-order valence-electron chi connectivity index (χ4n) is 3.52. The van der Waals surface area contributed by atoms with Gasteiger partial charge < -0.3 is 0 Å². The van der Waals surface area contributed by atoms with Gasteiger partial charge in [-0.05, 0) is 22.3 Å². The lowest BCUT2D eigenvalue weighted by atomic mass is 9.84. The zero-order valence-electron chi connectivity index (χ0n) is 15.7. The van der Waals surface area contributed by atoms with Crippen molar-refractivity contribution in [1.29, 1.82) is 0 Å². The molecule has 0 unspecified atom stereocenters. The summed E-state index contributed by atoms with van der Waals surface area (Å²) in [7, 11) is 0. The Balaban J connectivity index is 1.79. The molecule has 28 heavy (non-hydrogen) atoms. The third-order valence-electron chi connectivity index (χ3n) is 4.89. The highest BCUT2D eigenvalue weighted by atomic mass is 32.2. The zero-order valence-corrected chi connectivity index (χ0v) is 16.5. The van der Waals surface area contributed by atoms with Gasteiger partial charge in [0.15, 0.2) is 0 Å². The van der Waals surface area contributed by atoms with Gasteiger partial charge in [0.2, 0.25) is 0 Å². The second kappa shape index (κ2) is 8.92. The first kappa shape index (κ1) is 18.5. The molecule has 4 aromatic carbocycles.